The van der Waals surface area contributed by atoms with Crippen molar-refractivity contribution in [2.75, 3.05) is 31.8 Å². The van der Waals surface area contributed by atoms with Crippen molar-refractivity contribution < 1.29 is 29.0 Å². The van der Waals surface area contributed by atoms with Crippen molar-refractivity contribution >= 4 is 35.2 Å². The molecular formula is C26H30N2O6S. The highest BCUT2D eigenvalue weighted by molar-refractivity contribution is 8.02. The highest BCUT2D eigenvalue weighted by Crippen LogP contribution is 2.65. The van der Waals surface area contributed by atoms with Crippen molar-refractivity contribution in [3.8, 4) is 5.75 Å². The number of fused-ring (bicyclic) bond motifs is 2. The Morgan fingerprint density at radius 1 is 1.14 bits per heavy atom. The number of aliphatic hydroxyl groups excluding tert-OH is 1. The van der Waals surface area contributed by atoms with Crippen LogP contribution in [0.3, 0.4) is 0 Å². The highest BCUT2D eigenvalue weighted by atomic mass is 32.2. The number of hydrogen-bond donors (Lipinski definition) is 1. The number of amides is 2. The summed E-state index contributed by atoms with van der Waals surface area (Å²) in [6.07, 6.45) is 8.47. The van der Waals surface area contributed by atoms with Gasteiger partial charge < -0.3 is 24.4 Å². The molecule has 1 unspecified atom stereocenters. The van der Waals surface area contributed by atoms with Crippen LogP contribution in [0.25, 0.3) is 0 Å². The summed E-state index contributed by atoms with van der Waals surface area (Å²) in [5, 5.41) is 10.0. The zero-order chi connectivity index (χ0) is 25.0. The van der Waals surface area contributed by atoms with Crippen LogP contribution < -0.4 is 9.64 Å². The van der Waals surface area contributed by atoms with Gasteiger partial charge in [-0.15, -0.1) is 11.8 Å². The Kier molecular flexibility index (Phi) is 5.96. The van der Waals surface area contributed by atoms with Crippen molar-refractivity contribution in [1.82, 2.24) is 4.90 Å². The van der Waals surface area contributed by atoms with Crippen LogP contribution >= 0.6 is 11.8 Å². The number of thioether (sulfide) groups is 1. The van der Waals surface area contributed by atoms with Crippen molar-refractivity contribution in [3.63, 3.8) is 0 Å². The van der Waals surface area contributed by atoms with Gasteiger partial charge in [0.2, 0.25) is 5.91 Å². The minimum absolute atomic E-state index is 0.237. The van der Waals surface area contributed by atoms with Gasteiger partial charge in [0.25, 0.3) is 5.91 Å². The molecule has 186 valence electrons. The lowest BCUT2D eigenvalue weighted by atomic mass is 9.74. The maximum atomic E-state index is 14.3. The summed E-state index contributed by atoms with van der Waals surface area (Å²) in [6, 6.07) is 5.74. The third-order valence-electron chi connectivity index (χ3n) is 7.58. The first-order valence-corrected chi connectivity index (χ1v) is 12.7. The van der Waals surface area contributed by atoms with Crippen molar-refractivity contribution in [1.29, 1.82) is 0 Å². The molecule has 0 bridgehead atoms. The lowest BCUT2D eigenvalue weighted by molar-refractivity contribution is -0.154. The van der Waals surface area contributed by atoms with Gasteiger partial charge in [-0.3, -0.25) is 14.4 Å². The number of methoxy groups -OCH3 is 1. The number of cyclic esters (lactones) is 1. The Bertz CT molecular complexity index is 1100. The molecule has 35 heavy (non-hydrogen) atoms. The summed E-state index contributed by atoms with van der Waals surface area (Å²) in [5.41, 5.74) is 0.685. The number of ether oxygens (including phenoxy) is 2. The van der Waals surface area contributed by atoms with Gasteiger partial charge in [-0.05, 0) is 44.5 Å². The molecule has 5 rings (SSSR count). The number of aliphatic hydroxyl groups is 1. The fraction of sp³-hybridized carbons (Fsp3) is 0.500. The smallest absolute Gasteiger partial charge is 0.311 e. The SMILES string of the molecule is COc1ccc(N2CC=C[C@]34S[C@]5(C)C=CCCOC(=O)[C@@H]5[C@H]3C(=O)N([C@H](C)CO)C4C2=O)cc1. The van der Waals surface area contributed by atoms with E-state index in [1.807, 2.05) is 43.4 Å². The molecule has 1 N–H and O–H groups in total. The molecule has 0 aromatic heterocycles. The van der Waals surface area contributed by atoms with Crippen molar-refractivity contribution in [3.05, 3.63) is 48.6 Å². The van der Waals surface area contributed by atoms with E-state index in [4.69, 9.17) is 9.47 Å². The minimum atomic E-state index is -0.966. The molecule has 2 saturated heterocycles. The number of carbonyl (C=O) groups is 3. The zero-order valence-electron chi connectivity index (χ0n) is 20.0. The molecule has 8 nitrogen and oxygen atoms in total. The molecule has 1 spiro atoms. The Balaban J connectivity index is 1.64. The fourth-order valence-corrected chi connectivity index (χ4v) is 8.12. The lowest BCUT2D eigenvalue weighted by Crippen LogP contribution is -2.56. The number of carbonyl (C=O) groups excluding carboxylic acids is 3. The molecule has 0 aliphatic carbocycles. The van der Waals surface area contributed by atoms with Crippen LogP contribution in [-0.4, -0.2) is 76.2 Å². The average Bonchev–Trinajstić information content (AvgIpc) is 3.17. The van der Waals surface area contributed by atoms with Gasteiger partial charge >= 0.3 is 5.97 Å². The van der Waals surface area contributed by atoms with Crippen LogP contribution in [0.15, 0.2) is 48.6 Å². The van der Waals surface area contributed by atoms with Crippen LogP contribution in [0.1, 0.15) is 20.3 Å². The average molecular weight is 499 g/mol. The molecule has 4 heterocycles. The van der Waals surface area contributed by atoms with E-state index in [9.17, 15) is 19.5 Å². The van der Waals surface area contributed by atoms with Crippen LogP contribution in [0.5, 0.6) is 5.75 Å². The van der Waals surface area contributed by atoms with Crippen LogP contribution in [0, 0.1) is 11.8 Å². The number of anilines is 1. The molecule has 2 fully saturated rings. The van der Waals surface area contributed by atoms with E-state index in [0.29, 0.717) is 24.4 Å². The summed E-state index contributed by atoms with van der Waals surface area (Å²) in [6.45, 7) is 3.98. The van der Waals surface area contributed by atoms with Crippen LogP contribution in [0.4, 0.5) is 5.69 Å². The maximum Gasteiger partial charge on any atom is 0.311 e. The number of likely N-dealkylation sites (tertiary alicyclic amines) is 1. The van der Waals surface area contributed by atoms with E-state index in [0.717, 1.165) is 0 Å². The van der Waals surface area contributed by atoms with Gasteiger partial charge in [-0.25, -0.2) is 0 Å². The quantitative estimate of drug-likeness (QED) is 0.502. The molecular weight excluding hydrogens is 468 g/mol. The Morgan fingerprint density at radius 3 is 2.57 bits per heavy atom. The van der Waals surface area contributed by atoms with E-state index >= 15 is 0 Å². The number of benzene rings is 1. The van der Waals surface area contributed by atoms with Gasteiger partial charge in [-0.2, -0.15) is 0 Å². The Hall–Kier alpha value is -2.78. The van der Waals surface area contributed by atoms with E-state index < -0.39 is 39.4 Å². The van der Waals surface area contributed by atoms with Gasteiger partial charge in [0.05, 0.1) is 42.9 Å². The molecule has 1 aromatic rings. The van der Waals surface area contributed by atoms with Crippen molar-refractivity contribution in [2.24, 2.45) is 11.8 Å². The third kappa shape index (κ3) is 3.50. The van der Waals surface area contributed by atoms with Crippen molar-refractivity contribution in [2.45, 2.75) is 41.8 Å². The second-order valence-electron chi connectivity index (χ2n) is 9.68. The number of esters is 1. The van der Waals surface area contributed by atoms with Crippen LogP contribution in [0.2, 0.25) is 0 Å². The molecule has 4 aliphatic rings. The number of rotatable bonds is 4. The largest absolute Gasteiger partial charge is 0.497 e. The van der Waals surface area contributed by atoms with Gasteiger partial charge in [-0.1, -0.05) is 24.3 Å². The maximum absolute atomic E-state index is 14.3. The second-order valence-corrected chi connectivity index (χ2v) is 11.5. The fourth-order valence-electron chi connectivity index (χ4n) is 5.98. The lowest BCUT2D eigenvalue weighted by Gasteiger charge is -2.39. The zero-order valence-corrected chi connectivity index (χ0v) is 20.9. The monoisotopic (exact) mass is 498 g/mol. The molecule has 0 radical (unpaired) electrons. The molecule has 4 aliphatic heterocycles. The minimum Gasteiger partial charge on any atom is -0.497 e. The normalized spacial score (nSPS) is 35.0. The van der Waals surface area contributed by atoms with Crippen LogP contribution in [-0.2, 0) is 19.1 Å². The predicted molar refractivity (Wildman–Crippen MR) is 132 cm³/mol. The second kappa shape index (κ2) is 8.71. The molecule has 9 heteroatoms. The number of nitrogens with zero attached hydrogens (tertiary/aromatic N) is 2. The van der Waals surface area contributed by atoms with Gasteiger partial charge in [0.1, 0.15) is 11.8 Å². The molecule has 1 aromatic carbocycles. The summed E-state index contributed by atoms with van der Waals surface area (Å²) in [5.74, 6) is -1.77. The first-order valence-electron chi connectivity index (χ1n) is 11.9. The van der Waals surface area contributed by atoms with Gasteiger partial charge in [0.15, 0.2) is 0 Å². The molecule has 6 atom stereocenters. The Morgan fingerprint density at radius 2 is 1.89 bits per heavy atom. The first-order chi connectivity index (χ1) is 16.8. The predicted octanol–water partition coefficient (Wildman–Crippen LogP) is 2.17. The molecule has 2 amide bonds. The number of hydrogen-bond acceptors (Lipinski definition) is 7. The van der Waals surface area contributed by atoms with E-state index in [-0.39, 0.29) is 25.0 Å². The van der Waals surface area contributed by atoms with E-state index in [1.54, 1.807) is 31.1 Å². The first kappa shape index (κ1) is 23.9. The van der Waals surface area contributed by atoms with E-state index in [1.165, 1.54) is 16.7 Å². The van der Waals surface area contributed by atoms with Gasteiger partial charge in [0, 0.05) is 17.0 Å². The summed E-state index contributed by atoms with van der Waals surface area (Å²) in [7, 11) is 1.58. The van der Waals surface area contributed by atoms with E-state index in [2.05, 4.69) is 0 Å². The highest BCUT2D eigenvalue weighted by Gasteiger charge is 2.74. The Labute approximate surface area is 208 Å². The topological polar surface area (TPSA) is 96.4 Å². The molecule has 0 saturated carbocycles. The summed E-state index contributed by atoms with van der Waals surface area (Å²) in [4.78, 5) is 44.7. The standard InChI is InChI=1S/C26H30N2O6S/c1-16(15-29)28-21-23(31)27(17-7-9-18(33-3)10-8-17)13-6-12-26(21)19(22(28)30)20-24(32)34-14-5-4-11-25(20,2)35-26/h4,6-12,16,19-21,29H,5,13-15H2,1-3H3/t16-,19+,20+,21?,25-,26+/m1/s1. The third-order valence-corrected chi connectivity index (χ3v) is 9.38. The summed E-state index contributed by atoms with van der Waals surface area (Å²) >= 11 is 1.49. The summed E-state index contributed by atoms with van der Waals surface area (Å²) < 4.78 is 9.12.